The number of nitrogens with one attached hydrogen (secondary N) is 1. The summed E-state index contributed by atoms with van der Waals surface area (Å²) in [5.41, 5.74) is -2.86. The summed E-state index contributed by atoms with van der Waals surface area (Å²) in [5.74, 6) is -1.77. The van der Waals surface area contributed by atoms with E-state index < -0.39 is 34.5 Å². The lowest BCUT2D eigenvalue weighted by molar-refractivity contribution is -0.148. The van der Waals surface area contributed by atoms with Gasteiger partial charge in [0, 0.05) is 13.5 Å². The average molecular weight is 412 g/mol. The van der Waals surface area contributed by atoms with Crippen molar-refractivity contribution >= 4 is 11.8 Å². The second kappa shape index (κ2) is 7.46. The molecule has 29 heavy (non-hydrogen) atoms. The molecule has 1 atom stereocenters. The van der Waals surface area contributed by atoms with Crippen LogP contribution in [0, 0.1) is 5.82 Å². The van der Waals surface area contributed by atoms with Crippen LogP contribution in [-0.4, -0.2) is 27.8 Å². The molecule has 1 aliphatic carbocycles. The Morgan fingerprint density at radius 2 is 1.76 bits per heavy atom. The van der Waals surface area contributed by atoms with Crippen molar-refractivity contribution in [3.05, 3.63) is 47.3 Å². The van der Waals surface area contributed by atoms with Crippen LogP contribution in [0.4, 0.5) is 17.6 Å². The van der Waals surface area contributed by atoms with Crippen molar-refractivity contribution in [3.63, 3.8) is 0 Å². The van der Waals surface area contributed by atoms with Gasteiger partial charge in [0.1, 0.15) is 11.4 Å². The van der Waals surface area contributed by atoms with E-state index in [9.17, 15) is 27.2 Å². The summed E-state index contributed by atoms with van der Waals surface area (Å²) in [6.45, 7) is 2.76. The molecular formula is C21H24F4N2O2. The number of hydrogen-bond donors (Lipinski definition) is 1. The van der Waals surface area contributed by atoms with Crippen molar-refractivity contribution in [3.8, 4) is 0 Å². The first-order valence-corrected chi connectivity index (χ1v) is 9.64. The molecule has 2 amide bonds. The van der Waals surface area contributed by atoms with Gasteiger partial charge >= 0.3 is 6.18 Å². The highest BCUT2D eigenvalue weighted by atomic mass is 19.4. The van der Waals surface area contributed by atoms with Gasteiger partial charge in [0.2, 0.25) is 11.8 Å². The van der Waals surface area contributed by atoms with Crippen LogP contribution >= 0.6 is 0 Å². The van der Waals surface area contributed by atoms with Crippen molar-refractivity contribution in [2.45, 2.75) is 69.8 Å². The number of alkyl halides is 3. The van der Waals surface area contributed by atoms with Gasteiger partial charge in [-0.15, -0.1) is 0 Å². The summed E-state index contributed by atoms with van der Waals surface area (Å²) in [5, 5.41) is 2.58. The minimum absolute atomic E-state index is 0.00185. The molecule has 8 heteroatoms. The molecule has 4 nitrogen and oxygen atoms in total. The second-order valence-corrected chi connectivity index (χ2v) is 8.03. The van der Waals surface area contributed by atoms with E-state index in [1.54, 1.807) is 17.9 Å². The number of carbonyl (C=O) groups is 2. The zero-order chi connectivity index (χ0) is 21.4. The van der Waals surface area contributed by atoms with E-state index in [0.717, 1.165) is 44.2 Å². The van der Waals surface area contributed by atoms with E-state index >= 15 is 0 Å². The van der Waals surface area contributed by atoms with Crippen LogP contribution in [0.3, 0.4) is 0 Å². The zero-order valence-corrected chi connectivity index (χ0v) is 16.4. The fourth-order valence-electron chi connectivity index (χ4n) is 4.58. The van der Waals surface area contributed by atoms with E-state index in [2.05, 4.69) is 5.32 Å². The monoisotopic (exact) mass is 412 g/mol. The highest BCUT2D eigenvalue weighted by Crippen LogP contribution is 2.44. The number of nitrogens with zero attached hydrogens (tertiary/aromatic N) is 1. The number of hydrogen-bond acceptors (Lipinski definition) is 2. The van der Waals surface area contributed by atoms with Crippen molar-refractivity contribution in [1.82, 2.24) is 10.2 Å². The van der Waals surface area contributed by atoms with Gasteiger partial charge in [-0.2, -0.15) is 13.2 Å². The molecule has 1 aliphatic heterocycles. The third kappa shape index (κ3) is 4.02. The molecule has 0 bridgehead atoms. The second-order valence-electron chi connectivity index (χ2n) is 8.03. The average Bonchev–Trinajstić information content (AvgIpc) is 2.92. The van der Waals surface area contributed by atoms with Crippen LogP contribution in [0.5, 0.6) is 0 Å². The molecule has 2 aliphatic rings. The van der Waals surface area contributed by atoms with Gasteiger partial charge in [-0.1, -0.05) is 31.4 Å². The highest BCUT2D eigenvalue weighted by molar-refractivity contribution is 5.94. The van der Waals surface area contributed by atoms with E-state index in [1.807, 2.05) is 6.08 Å². The first-order valence-electron chi connectivity index (χ1n) is 9.64. The summed E-state index contributed by atoms with van der Waals surface area (Å²) in [6, 6.07) is 2.17. The molecule has 1 aromatic carbocycles. The van der Waals surface area contributed by atoms with Crippen molar-refractivity contribution < 1.29 is 27.2 Å². The molecule has 1 fully saturated rings. The van der Waals surface area contributed by atoms with Crippen molar-refractivity contribution in [1.29, 1.82) is 0 Å². The van der Waals surface area contributed by atoms with Gasteiger partial charge in [0.15, 0.2) is 0 Å². The molecular weight excluding hydrogens is 388 g/mol. The maximum absolute atomic E-state index is 13.6. The van der Waals surface area contributed by atoms with Gasteiger partial charge < -0.3 is 10.2 Å². The number of halogens is 4. The van der Waals surface area contributed by atoms with Crippen LogP contribution in [0.1, 0.15) is 57.1 Å². The molecule has 1 saturated carbocycles. The summed E-state index contributed by atoms with van der Waals surface area (Å²) in [6.07, 6.45) is 3.45. The minimum Gasteiger partial charge on any atom is -0.350 e. The smallest absolute Gasteiger partial charge is 0.350 e. The van der Waals surface area contributed by atoms with Crippen LogP contribution in [0.15, 0.2) is 30.4 Å². The Kier molecular flexibility index (Phi) is 5.49. The van der Waals surface area contributed by atoms with Gasteiger partial charge in [-0.05, 0) is 43.5 Å². The minimum atomic E-state index is -4.68. The summed E-state index contributed by atoms with van der Waals surface area (Å²) < 4.78 is 52.3. The lowest BCUT2D eigenvalue weighted by Gasteiger charge is -2.46. The van der Waals surface area contributed by atoms with Crippen molar-refractivity contribution in [2.24, 2.45) is 0 Å². The Morgan fingerprint density at radius 1 is 1.10 bits per heavy atom. The molecule has 1 N–H and O–H groups in total. The zero-order valence-electron chi connectivity index (χ0n) is 16.4. The fraction of sp³-hybridized carbons (Fsp3) is 0.524. The lowest BCUT2D eigenvalue weighted by atomic mass is 9.81. The predicted molar refractivity (Wildman–Crippen MR) is 99.1 cm³/mol. The van der Waals surface area contributed by atoms with Crippen LogP contribution in [-0.2, 0) is 22.3 Å². The number of carbonyl (C=O) groups excluding carboxylic acids is 2. The molecule has 0 aromatic heterocycles. The van der Waals surface area contributed by atoms with Gasteiger partial charge in [-0.3, -0.25) is 9.59 Å². The molecule has 0 radical (unpaired) electrons. The van der Waals surface area contributed by atoms with Gasteiger partial charge in [0.25, 0.3) is 0 Å². The van der Waals surface area contributed by atoms with E-state index in [4.69, 9.17) is 0 Å². The van der Waals surface area contributed by atoms with Crippen LogP contribution < -0.4 is 5.32 Å². The standard InChI is InChI=1S/C21H24F4N2O2/c1-14(28)27-19(2,8-9-20(27)6-4-3-5-7-20)18(29)26-13-15-10-16(21(23,24)25)12-17(22)11-15/h8-12H,3-7,13H2,1-2H3,(H,26,29). The first-order chi connectivity index (χ1) is 13.5. The molecule has 1 unspecified atom stereocenters. The van der Waals surface area contributed by atoms with Crippen LogP contribution in [0.25, 0.3) is 0 Å². The first kappa shape index (κ1) is 21.3. The largest absolute Gasteiger partial charge is 0.416 e. The maximum atomic E-state index is 13.6. The number of amides is 2. The summed E-state index contributed by atoms with van der Waals surface area (Å²) in [7, 11) is 0. The van der Waals surface area contributed by atoms with Gasteiger partial charge in [-0.25, -0.2) is 4.39 Å². The van der Waals surface area contributed by atoms with Crippen LogP contribution in [0.2, 0.25) is 0 Å². The van der Waals surface area contributed by atoms with Gasteiger partial charge in [0.05, 0.1) is 11.1 Å². The third-order valence-corrected chi connectivity index (χ3v) is 5.86. The Labute approximate surface area is 166 Å². The molecule has 158 valence electrons. The molecule has 0 saturated heterocycles. The van der Waals surface area contributed by atoms with E-state index in [-0.39, 0.29) is 18.0 Å². The Morgan fingerprint density at radius 3 is 2.34 bits per heavy atom. The third-order valence-electron chi connectivity index (χ3n) is 5.86. The quantitative estimate of drug-likeness (QED) is 0.593. The topological polar surface area (TPSA) is 49.4 Å². The predicted octanol–water partition coefficient (Wildman–Crippen LogP) is 4.34. The highest BCUT2D eigenvalue weighted by Gasteiger charge is 2.53. The molecule has 1 heterocycles. The molecule has 3 rings (SSSR count). The Bertz CT molecular complexity index is 844. The SMILES string of the molecule is CC(=O)N1C2(C=CC1(C)C(=O)NCc1cc(F)cc(C(F)(F)F)c1)CCCCC2. The summed E-state index contributed by atoms with van der Waals surface area (Å²) in [4.78, 5) is 27.0. The Balaban J connectivity index is 1.79. The summed E-state index contributed by atoms with van der Waals surface area (Å²) >= 11 is 0. The lowest BCUT2D eigenvalue weighted by Crippen LogP contribution is -2.62. The Hall–Kier alpha value is -2.38. The normalized spacial score (nSPS) is 23.4. The van der Waals surface area contributed by atoms with Crippen molar-refractivity contribution in [2.75, 3.05) is 0 Å². The maximum Gasteiger partial charge on any atom is 0.416 e. The number of benzene rings is 1. The number of rotatable bonds is 3. The fourth-order valence-corrected chi connectivity index (χ4v) is 4.58. The molecule has 1 spiro atoms. The van der Waals surface area contributed by atoms with E-state index in [1.165, 1.54) is 6.92 Å². The molecule has 1 aromatic rings. The van der Waals surface area contributed by atoms with E-state index in [0.29, 0.717) is 6.07 Å².